The van der Waals surface area contributed by atoms with Crippen molar-refractivity contribution in [1.82, 2.24) is 9.80 Å². The molecular weight excluding hydrogens is 476 g/mol. The summed E-state index contributed by atoms with van der Waals surface area (Å²) in [5.74, 6) is -2.82. The molecule has 0 aromatic heterocycles. The molecule has 0 bridgehead atoms. The van der Waals surface area contributed by atoms with Crippen LogP contribution in [-0.4, -0.2) is 87.7 Å². The number of methoxy groups -OCH3 is 3. The van der Waals surface area contributed by atoms with Gasteiger partial charge in [-0.05, 0) is 35.9 Å². The number of rotatable bonds is 9. The summed E-state index contributed by atoms with van der Waals surface area (Å²) in [6, 6.07) is 3.51. The van der Waals surface area contributed by atoms with E-state index in [0.717, 1.165) is 5.56 Å². The first kappa shape index (κ1) is 31.9. The Hall–Kier alpha value is -4.06. The first-order valence-electron chi connectivity index (χ1n) is 10.6. The summed E-state index contributed by atoms with van der Waals surface area (Å²) in [5, 5.41) is 29.4. The third-order valence-corrected chi connectivity index (χ3v) is 4.50. The van der Waals surface area contributed by atoms with Crippen molar-refractivity contribution in [2.24, 2.45) is 0 Å². The van der Waals surface area contributed by atoms with Crippen molar-refractivity contribution in [3.05, 3.63) is 42.8 Å². The van der Waals surface area contributed by atoms with E-state index < -0.39 is 17.9 Å². The molecule has 0 saturated carbocycles. The van der Waals surface area contributed by atoms with Crippen molar-refractivity contribution in [2.75, 3.05) is 54.1 Å². The molecule has 1 aliphatic heterocycles. The molecule has 36 heavy (non-hydrogen) atoms. The zero-order valence-corrected chi connectivity index (χ0v) is 20.7. The van der Waals surface area contributed by atoms with E-state index in [1.807, 2.05) is 0 Å². The number of hydrogen-bond donors (Lipinski definition) is 0. The zero-order valence-electron chi connectivity index (χ0n) is 20.7. The fourth-order valence-corrected chi connectivity index (χ4v) is 2.92. The van der Waals surface area contributed by atoms with Gasteiger partial charge < -0.3 is 48.8 Å². The number of nitrogens with zero attached hydrogens (tertiary/aromatic N) is 2. The molecule has 1 amide bonds. The zero-order chi connectivity index (χ0) is 27.7. The highest BCUT2D eigenvalue weighted by Gasteiger charge is 2.19. The molecule has 1 saturated heterocycles. The Morgan fingerprint density at radius 1 is 0.833 bits per heavy atom. The largest absolute Gasteiger partial charge is 0.549 e. The average molecular weight is 507 g/mol. The Labute approximate surface area is 210 Å². The molecule has 199 valence electrons. The lowest BCUT2D eigenvalue weighted by molar-refractivity contribution is -0.306. The highest BCUT2D eigenvalue weighted by atomic mass is 16.5. The lowest BCUT2D eigenvalue weighted by Crippen LogP contribution is -2.51. The Kier molecular flexibility index (Phi) is 15.4. The Morgan fingerprint density at radius 2 is 1.31 bits per heavy atom. The number of ether oxygens (including phenoxy) is 3. The number of amides is 1. The van der Waals surface area contributed by atoms with Gasteiger partial charge in [-0.1, -0.05) is 13.8 Å². The summed E-state index contributed by atoms with van der Waals surface area (Å²) in [4.78, 5) is 45.2. The molecule has 1 heterocycles. The van der Waals surface area contributed by atoms with Crippen LogP contribution in [-0.2, 0) is 19.2 Å². The molecule has 1 aliphatic rings. The highest BCUT2D eigenvalue weighted by Crippen LogP contribution is 2.38. The lowest BCUT2D eigenvalue weighted by Gasteiger charge is -2.34. The SMILES string of the molecule is COc1cc(/C=C/C(=O)N2CCN(CC(=O)[O-])CC2)cc(OC)c1OC.O=C([O-])/C=C\C(=O)[O-].[CH2]C. The monoisotopic (exact) mass is 506 g/mol. The van der Waals surface area contributed by atoms with Gasteiger partial charge in [0, 0.05) is 38.8 Å². The molecule has 1 fully saturated rings. The van der Waals surface area contributed by atoms with Gasteiger partial charge in [-0.25, -0.2) is 0 Å². The molecule has 1 aromatic rings. The molecule has 0 atom stereocenters. The van der Waals surface area contributed by atoms with Crippen LogP contribution >= 0.6 is 0 Å². The number of carboxylic acid groups (broad SMARTS) is 3. The summed E-state index contributed by atoms with van der Waals surface area (Å²) in [6.45, 7) is 6.87. The maximum atomic E-state index is 12.3. The van der Waals surface area contributed by atoms with Crippen LogP contribution in [0.4, 0.5) is 0 Å². The van der Waals surface area contributed by atoms with Crippen LogP contribution in [0.15, 0.2) is 30.4 Å². The maximum absolute atomic E-state index is 12.3. The third-order valence-electron chi connectivity index (χ3n) is 4.50. The fourth-order valence-electron chi connectivity index (χ4n) is 2.92. The second-order valence-corrected chi connectivity index (χ2v) is 6.74. The van der Waals surface area contributed by atoms with E-state index >= 15 is 0 Å². The molecule has 0 unspecified atom stereocenters. The van der Waals surface area contributed by atoms with Crippen molar-refractivity contribution in [1.29, 1.82) is 0 Å². The molecule has 1 aromatic carbocycles. The molecule has 12 nitrogen and oxygen atoms in total. The van der Waals surface area contributed by atoms with Gasteiger partial charge in [0.25, 0.3) is 0 Å². The van der Waals surface area contributed by atoms with Crippen molar-refractivity contribution >= 4 is 29.9 Å². The van der Waals surface area contributed by atoms with Gasteiger partial charge in [0.2, 0.25) is 11.7 Å². The quantitative estimate of drug-likeness (QED) is 0.324. The second-order valence-electron chi connectivity index (χ2n) is 6.74. The number of hydrogen-bond acceptors (Lipinski definition) is 11. The third kappa shape index (κ3) is 11.9. The van der Waals surface area contributed by atoms with Gasteiger partial charge in [-0.15, -0.1) is 0 Å². The van der Waals surface area contributed by atoms with Crippen LogP contribution in [0.25, 0.3) is 6.08 Å². The van der Waals surface area contributed by atoms with Gasteiger partial charge in [-0.2, -0.15) is 0 Å². The van der Waals surface area contributed by atoms with E-state index in [-0.39, 0.29) is 12.5 Å². The van der Waals surface area contributed by atoms with Gasteiger partial charge in [0.1, 0.15) is 0 Å². The minimum atomic E-state index is -1.55. The van der Waals surface area contributed by atoms with E-state index in [0.29, 0.717) is 55.6 Å². The van der Waals surface area contributed by atoms with Crippen LogP contribution in [0.5, 0.6) is 17.2 Å². The summed E-state index contributed by atoms with van der Waals surface area (Å²) in [6.07, 6.45) is 3.93. The molecule has 2 rings (SSSR count). The van der Waals surface area contributed by atoms with Crippen molar-refractivity contribution in [3.8, 4) is 17.2 Å². The molecule has 0 spiro atoms. The van der Waals surface area contributed by atoms with Crippen LogP contribution in [0.1, 0.15) is 12.5 Å². The summed E-state index contributed by atoms with van der Waals surface area (Å²) < 4.78 is 15.9. The molecule has 0 aliphatic carbocycles. The van der Waals surface area contributed by atoms with Crippen LogP contribution in [0.2, 0.25) is 0 Å². The minimum absolute atomic E-state index is 0.108. The smallest absolute Gasteiger partial charge is 0.246 e. The fraction of sp³-hybridized carbons (Fsp3) is 0.375. The predicted octanol–water partition coefficient (Wildman–Crippen LogP) is -2.50. The second kappa shape index (κ2) is 17.4. The number of piperazine rings is 1. The van der Waals surface area contributed by atoms with Gasteiger partial charge in [0.05, 0.1) is 39.2 Å². The minimum Gasteiger partial charge on any atom is -0.549 e. The first-order valence-corrected chi connectivity index (χ1v) is 10.6. The first-order chi connectivity index (χ1) is 17.1. The van der Waals surface area contributed by atoms with E-state index in [1.165, 1.54) is 27.4 Å². The van der Waals surface area contributed by atoms with Crippen molar-refractivity contribution in [2.45, 2.75) is 6.92 Å². The van der Waals surface area contributed by atoms with Crippen molar-refractivity contribution < 1.29 is 48.7 Å². The van der Waals surface area contributed by atoms with E-state index in [9.17, 15) is 34.5 Å². The maximum Gasteiger partial charge on any atom is 0.246 e. The number of benzene rings is 1. The van der Waals surface area contributed by atoms with Crippen LogP contribution < -0.4 is 29.5 Å². The van der Waals surface area contributed by atoms with Gasteiger partial charge in [0.15, 0.2) is 11.5 Å². The molecule has 0 N–H and O–H groups in total. The standard InChI is InChI=1S/C18H24N2O6.C4H4O4.C2H5/c1-24-14-10-13(11-15(25-2)18(14)26-3)4-5-16(21)20-8-6-19(7-9-20)12-17(22)23;5-3(6)1-2-4(7)8;1-2/h4-5,10-11H,6-9,12H2,1-3H3,(H,22,23);1-2H,(H,5,6)(H,7,8);1H2,2H3/p-3/b5-4+;2-1-;. The summed E-state index contributed by atoms with van der Waals surface area (Å²) >= 11 is 0. The number of carboxylic acids is 3. The Bertz CT molecular complexity index is 894. The van der Waals surface area contributed by atoms with E-state index in [1.54, 1.807) is 34.9 Å². The summed E-state index contributed by atoms with van der Waals surface area (Å²) in [5.41, 5.74) is 0.739. The number of carbonyl (C=O) groups excluding carboxylic acids is 4. The molecule has 1 radical (unpaired) electrons. The number of carbonyl (C=O) groups is 4. The number of aliphatic carboxylic acids is 3. The highest BCUT2D eigenvalue weighted by molar-refractivity contribution is 5.92. The Morgan fingerprint density at radius 3 is 1.67 bits per heavy atom. The topological polar surface area (TPSA) is 172 Å². The van der Waals surface area contributed by atoms with Crippen molar-refractivity contribution in [3.63, 3.8) is 0 Å². The summed E-state index contributed by atoms with van der Waals surface area (Å²) in [7, 11) is 4.59. The van der Waals surface area contributed by atoms with Crippen LogP contribution in [0, 0.1) is 6.92 Å². The van der Waals surface area contributed by atoms with Gasteiger partial charge >= 0.3 is 0 Å². The molecule has 12 heteroatoms. The predicted molar refractivity (Wildman–Crippen MR) is 123 cm³/mol. The molecular formula is C24H30N2O10-3. The average Bonchev–Trinajstić information content (AvgIpc) is 2.86. The lowest BCUT2D eigenvalue weighted by atomic mass is 10.1. The van der Waals surface area contributed by atoms with E-state index in [2.05, 4.69) is 6.92 Å². The normalized spacial score (nSPS) is 13.2. The van der Waals surface area contributed by atoms with E-state index in [4.69, 9.17) is 14.2 Å². The Balaban J connectivity index is 0.00000104. The van der Waals surface area contributed by atoms with Crippen LogP contribution in [0.3, 0.4) is 0 Å². The van der Waals surface area contributed by atoms with Gasteiger partial charge in [-0.3, -0.25) is 9.69 Å².